The van der Waals surface area contributed by atoms with Crippen LogP contribution in [0.4, 0.5) is 0 Å². The number of carbonyl (C=O) groups is 2. The zero-order valence-corrected chi connectivity index (χ0v) is 16.7. The Morgan fingerprint density at radius 3 is 2.21 bits per heavy atom. The van der Waals surface area contributed by atoms with Gasteiger partial charge in [0.15, 0.2) is 5.69 Å². The Kier molecular flexibility index (Phi) is 6.07. The van der Waals surface area contributed by atoms with Crippen molar-refractivity contribution in [3.05, 3.63) is 76.2 Å². The highest BCUT2D eigenvalue weighted by Gasteiger charge is 2.30. The summed E-state index contributed by atoms with van der Waals surface area (Å²) in [6.45, 7) is 4.73. The maximum absolute atomic E-state index is 13.0. The van der Waals surface area contributed by atoms with Gasteiger partial charge in [0.2, 0.25) is 6.10 Å². The number of fused-ring (bicyclic) bond motifs is 1. The molecule has 1 atom stereocenters. The lowest BCUT2D eigenvalue weighted by atomic mass is 10.1. The van der Waals surface area contributed by atoms with Crippen LogP contribution in [0.1, 0.15) is 36.0 Å². The summed E-state index contributed by atoms with van der Waals surface area (Å²) < 4.78 is 6.76. The average Bonchev–Trinajstić information content (AvgIpc) is 2.75. The van der Waals surface area contributed by atoms with Crippen LogP contribution < -0.4 is 5.56 Å². The molecule has 0 saturated heterocycles. The minimum absolute atomic E-state index is 0.00372. The number of benzene rings is 2. The quantitative estimate of drug-likeness (QED) is 0.602. The fraction of sp³-hybridized carbons (Fsp3) is 0.273. The molecule has 3 rings (SSSR count). The Bertz CT molecular complexity index is 1090. The van der Waals surface area contributed by atoms with Crippen LogP contribution in [0.2, 0.25) is 0 Å². The maximum atomic E-state index is 13.0. The third-order valence-corrected chi connectivity index (χ3v) is 4.78. The fourth-order valence-electron chi connectivity index (χ4n) is 3.20. The standard InChI is InChI=1S/C22H23N3O4/c1-4-25(5-2)21(27)19(15-11-7-6-8-12-15)29-22(28)18-16-13-9-10-14-17(16)20(26)24(3)23-18/h6-14,19H,4-5H2,1-3H3. The van der Waals surface area contributed by atoms with Crippen molar-refractivity contribution in [2.45, 2.75) is 20.0 Å². The van der Waals surface area contributed by atoms with E-state index in [1.54, 1.807) is 53.4 Å². The van der Waals surface area contributed by atoms with E-state index in [9.17, 15) is 14.4 Å². The van der Waals surface area contributed by atoms with Crippen molar-refractivity contribution in [1.82, 2.24) is 14.7 Å². The second-order valence-electron chi connectivity index (χ2n) is 6.53. The summed E-state index contributed by atoms with van der Waals surface area (Å²) in [5.41, 5.74) is 0.263. The number of nitrogens with zero attached hydrogens (tertiary/aromatic N) is 3. The van der Waals surface area contributed by atoms with E-state index in [1.165, 1.54) is 7.05 Å². The van der Waals surface area contributed by atoms with Gasteiger partial charge in [0, 0.05) is 31.1 Å². The molecule has 3 aromatic rings. The van der Waals surface area contributed by atoms with Gasteiger partial charge in [0.25, 0.3) is 11.5 Å². The molecule has 7 nitrogen and oxygen atoms in total. The van der Waals surface area contributed by atoms with Crippen molar-refractivity contribution in [2.75, 3.05) is 13.1 Å². The zero-order valence-electron chi connectivity index (χ0n) is 16.7. The largest absolute Gasteiger partial charge is 0.442 e. The number of likely N-dealkylation sites (N-methyl/N-ethyl adjacent to an activating group) is 1. The van der Waals surface area contributed by atoms with Crippen LogP contribution in [0.3, 0.4) is 0 Å². The maximum Gasteiger partial charge on any atom is 0.360 e. The number of aryl methyl sites for hydroxylation is 1. The number of carbonyl (C=O) groups excluding carboxylic acids is 2. The van der Waals surface area contributed by atoms with Gasteiger partial charge >= 0.3 is 5.97 Å². The molecule has 0 aliphatic rings. The Balaban J connectivity index is 2.04. The topological polar surface area (TPSA) is 81.5 Å². The van der Waals surface area contributed by atoms with Crippen molar-refractivity contribution in [1.29, 1.82) is 0 Å². The molecule has 0 bridgehead atoms. The van der Waals surface area contributed by atoms with Crippen LogP contribution in [0.5, 0.6) is 0 Å². The van der Waals surface area contributed by atoms with Gasteiger partial charge in [0.05, 0.1) is 5.39 Å². The van der Waals surface area contributed by atoms with Crippen molar-refractivity contribution in [3.8, 4) is 0 Å². The van der Waals surface area contributed by atoms with Gasteiger partial charge in [-0.05, 0) is 19.9 Å². The first-order valence-electron chi connectivity index (χ1n) is 9.48. The highest BCUT2D eigenvalue weighted by atomic mass is 16.5. The molecule has 0 radical (unpaired) electrons. The van der Waals surface area contributed by atoms with Gasteiger partial charge in [-0.15, -0.1) is 0 Å². The summed E-state index contributed by atoms with van der Waals surface area (Å²) >= 11 is 0. The molecule has 150 valence electrons. The highest BCUT2D eigenvalue weighted by Crippen LogP contribution is 2.23. The SMILES string of the molecule is CCN(CC)C(=O)C(OC(=O)c1nn(C)c(=O)c2ccccc12)c1ccccc1. The second-order valence-corrected chi connectivity index (χ2v) is 6.53. The molecule has 0 N–H and O–H groups in total. The molecule has 0 aliphatic heterocycles. The lowest BCUT2D eigenvalue weighted by Gasteiger charge is -2.25. The number of aromatic nitrogens is 2. The number of esters is 1. The van der Waals surface area contributed by atoms with E-state index in [1.807, 2.05) is 19.9 Å². The van der Waals surface area contributed by atoms with Crippen LogP contribution in [-0.2, 0) is 16.6 Å². The number of hydrogen-bond donors (Lipinski definition) is 0. The van der Waals surface area contributed by atoms with E-state index < -0.39 is 12.1 Å². The number of amides is 1. The Morgan fingerprint density at radius 1 is 1.00 bits per heavy atom. The first-order valence-corrected chi connectivity index (χ1v) is 9.48. The van der Waals surface area contributed by atoms with Gasteiger partial charge in [-0.2, -0.15) is 5.10 Å². The number of rotatable bonds is 6. The van der Waals surface area contributed by atoms with E-state index in [4.69, 9.17) is 4.74 Å². The van der Waals surface area contributed by atoms with Crippen LogP contribution in [0, 0.1) is 0 Å². The smallest absolute Gasteiger partial charge is 0.360 e. The fourth-order valence-corrected chi connectivity index (χ4v) is 3.20. The van der Waals surface area contributed by atoms with Gasteiger partial charge in [-0.3, -0.25) is 9.59 Å². The average molecular weight is 393 g/mol. The van der Waals surface area contributed by atoms with E-state index in [0.29, 0.717) is 29.4 Å². The summed E-state index contributed by atoms with van der Waals surface area (Å²) in [5, 5.41) is 4.85. The normalized spacial score (nSPS) is 11.8. The summed E-state index contributed by atoms with van der Waals surface area (Å²) in [6.07, 6.45) is -1.10. The summed E-state index contributed by atoms with van der Waals surface area (Å²) in [7, 11) is 1.47. The molecule has 0 saturated carbocycles. The summed E-state index contributed by atoms with van der Waals surface area (Å²) in [6, 6.07) is 15.6. The third kappa shape index (κ3) is 4.03. The van der Waals surface area contributed by atoms with Crippen molar-refractivity contribution < 1.29 is 14.3 Å². The van der Waals surface area contributed by atoms with Gasteiger partial charge in [-0.1, -0.05) is 48.5 Å². The molecule has 1 aromatic heterocycles. The molecule has 29 heavy (non-hydrogen) atoms. The molecule has 0 aliphatic carbocycles. The van der Waals surface area contributed by atoms with E-state index in [0.717, 1.165) is 4.68 Å². The second kappa shape index (κ2) is 8.68. The minimum atomic E-state index is -1.10. The van der Waals surface area contributed by atoms with Gasteiger partial charge < -0.3 is 9.64 Å². The third-order valence-electron chi connectivity index (χ3n) is 4.78. The summed E-state index contributed by atoms with van der Waals surface area (Å²) in [4.78, 5) is 40.0. The van der Waals surface area contributed by atoms with Crippen molar-refractivity contribution in [3.63, 3.8) is 0 Å². The van der Waals surface area contributed by atoms with Crippen molar-refractivity contribution in [2.24, 2.45) is 7.05 Å². The lowest BCUT2D eigenvalue weighted by molar-refractivity contribution is -0.140. The molecule has 0 spiro atoms. The highest BCUT2D eigenvalue weighted by molar-refractivity contribution is 6.03. The first-order chi connectivity index (χ1) is 14.0. The van der Waals surface area contributed by atoms with E-state index in [-0.39, 0.29) is 17.2 Å². The van der Waals surface area contributed by atoms with Crippen molar-refractivity contribution >= 4 is 22.6 Å². The van der Waals surface area contributed by atoms with E-state index >= 15 is 0 Å². The van der Waals surface area contributed by atoms with E-state index in [2.05, 4.69) is 5.10 Å². The zero-order chi connectivity index (χ0) is 21.0. The first kappa shape index (κ1) is 20.3. The Hall–Kier alpha value is -3.48. The van der Waals surface area contributed by atoms with Crippen LogP contribution in [0.15, 0.2) is 59.4 Å². The molecule has 7 heteroatoms. The van der Waals surface area contributed by atoms with Crippen LogP contribution in [-0.4, -0.2) is 39.6 Å². The predicted octanol–water partition coefficient (Wildman–Crippen LogP) is 2.70. The predicted molar refractivity (Wildman–Crippen MR) is 110 cm³/mol. The molecule has 0 fully saturated rings. The molecule has 2 aromatic carbocycles. The molecular weight excluding hydrogens is 370 g/mol. The number of ether oxygens (including phenoxy) is 1. The lowest BCUT2D eigenvalue weighted by Crippen LogP contribution is -2.37. The number of hydrogen-bond acceptors (Lipinski definition) is 5. The minimum Gasteiger partial charge on any atom is -0.442 e. The van der Waals surface area contributed by atoms with Gasteiger partial charge in [-0.25, -0.2) is 9.48 Å². The monoisotopic (exact) mass is 393 g/mol. The van der Waals surface area contributed by atoms with Crippen LogP contribution in [0.25, 0.3) is 10.8 Å². The molecule has 1 unspecified atom stereocenters. The van der Waals surface area contributed by atoms with Crippen LogP contribution >= 0.6 is 0 Å². The Morgan fingerprint density at radius 2 is 1.59 bits per heavy atom. The summed E-state index contributed by atoms with van der Waals surface area (Å²) in [5.74, 6) is -1.06. The molecule has 1 heterocycles. The molecular formula is C22H23N3O4. The Labute approximate surface area is 168 Å². The van der Waals surface area contributed by atoms with Gasteiger partial charge in [0.1, 0.15) is 0 Å². The molecule has 1 amide bonds.